The minimum atomic E-state index is -0.658. The highest BCUT2D eigenvalue weighted by atomic mass is 16.4. The monoisotopic (exact) mass is 366 g/mol. The SMILES string of the molecule is CCCCCCCCCCCCC=CCCCCCCCCCC(=O)O. The quantitative estimate of drug-likeness (QED) is 0.163. The highest BCUT2D eigenvalue weighted by molar-refractivity contribution is 5.66. The van der Waals surface area contributed by atoms with Crippen molar-refractivity contribution in [1.29, 1.82) is 0 Å². The highest BCUT2D eigenvalue weighted by Gasteiger charge is 1.96. The number of hydrogen-bond acceptors (Lipinski definition) is 1. The number of carboxylic acid groups (broad SMARTS) is 1. The Kier molecular flexibility index (Phi) is 21.6. The van der Waals surface area contributed by atoms with Crippen molar-refractivity contribution in [2.45, 2.75) is 135 Å². The molecule has 1 N–H and O–H groups in total. The molecule has 26 heavy (non-hydrogen) atoms. The predicted molar refractivity (Wildman–Crippen MR) is 115 cm³/mol. The molecule has 0 aliphatic heterocycles. The van der Waals surface area contributed by atoms with Crippen LogP contribution in [-0.4, -0.2) is 11.1 Å². The van der Waals surface area contributed by atoms with Crippen molar-refractivity contribution >= 4 is 5.97 Å². The lowest BCUT2D eigenvalue weighted by Gasteiger charge is -2.01. The second-order valence-electron chi connectivity index (χ2n) is 7.85. The third-order valence-electron chi connectivity index (χ3n) is 5.15. The number of carbonyl (C=O) groups is 1. The average molecular weight is 367 g/mol. The van der Waals surface area contributed by atoms with Crippen molar-refractivity contribution in [2.75, 3.05) is 0 Å². The Bertz CT molecular complexity index is 309. The van der Waals surface area contributed by atoms with E-state index < -0.39 is 5.97 Å². The summed E-state index contributed by atoms with van der Waals surface area (Å²) in [7, 11) is 0. The number of carboxylic acids is 1. The van der Waals surface area contributed by atoms with Crippen molar-refractivity contribution < 1.29 is 9.90 Å². The van der Waals surface area contributed by atoms with E-state index in [1.54, 1.807) is 0 Å². The third-order valence-corrected chi connectivity index (χ3v) is 5.15. The second kappa shape index (κ2) is 22.3. The van der Waals surface area contributed by atoms with Gasteiger partial charge in [0.1, 0.15) is 0 Å². The predicted octanol–water partition coefficient (Wildman–Crippen LogP) is 8.45. The molecular formula is C24H46O2. The standard InChI is InChI=1S/C24H46O2/c1-2-3-4-5-6-7-8-9-10-11-12-13-14-15-16-17-18-19-20-21-22-23-24(25)26/h13-14H,2-12,15-23H2,1H3,(H,25,26). The van der Waals surface area contributed by atoms with E-state index in [0.717, 1.165) is 12.8 Å². The molecule has 0 spiro atoms. The van der Waals surface area contributed by atoms with Crippen LogP contribution in [0.4, 0.5) is 0 Å². The van der Waals surface area contributed by atoms with Gasteiger partial charge in [-0.3, -0.25) is 4.79 Å². The van der Waals surface area contributed by atoms with Gasteiger partial charge in [-0.25, -0.2) is 0 Å². The second-order valence-corrected chi connectivity index (χ2v) is 7.85. The normalized spacial score (nSPS) is 11.4. The fraction of sp³-hybridized carbons (Fsp3) is 0.875. The summed E-state index contributed by atoms with van der Waals surface area (Å²) in [6.07, 6.45) is 30.1. The molecule has 2 nitrogen and oxygen atoms in total. The first kappa shape index (κ1) is 25.2. The molecule has 0 fully saturated rings. The van der Waals surface area contributed by atoms with E-state index in [2.05, 4.69) is 19.1 Å². The Morgan fingerprint density at radius 1 is 0.577 bits per heavy atom. The van der Waals surface area contributed by atoms with Gasteiger partial charge in [0.25, 0.3) is 0 Å². The molecule has 0 amide bonds. The van der Waals surface area contributed by atoms with Gasteiger partial charge < -0.3 is 5.11 Å². The molecule has 0 saturated heterocycles. The van der Waals surface area contributed by atoms with Crippen molar-refractivity contribution in [3.8, 4) is 0 Å². The average Bonchev–Trinajstić information content (AvgIpc) is 2.62. The first-order chi connectivity index (χ1) is 12.8. The molecule has 0 radical (unpaired) electrons. The van der Waals surface area contributed by atoms with Gasteiger partial charge in [-0.1, -0.05) is 109 Å². The fourth-order valence-corrected chi connectivity index (χ4v) is 3.41. The molecule has 154 valence electrons. The van der Waals surface area contributed by atoms with Crippen molar-refractivity contribution in [3.63, 3.8) is 0 Å². The van der Waals surface area contributed by atoms with E-state index >= 15 is 0 Å². The minimum Gasteiger partial charge on any atom is -0.481 e. The van der Waals surface area contributed by atoms with E-state index in [0.29, 0.717) is 6.42 Å². The largest absolute Gasteiger partial charge is 0.481 e. The van der Waals surface area contributed by atoms with Crippen molar-refractivity contribution in [3.05, 3.63) is 12.2 Å². The summed E-state index contributed by atoms with van der Waals surface area (Å²) in [4.78, 5) is 10.4. The van der Waals surface area contributed by atoms with E-state index in [4.69, 9.17) is 5.11 Å². The van der Waals surface area contributed by atoms with Gasteiger partial charge >= 0.3 is 5.97 Å². The van der Waals surface area contributed by atoms with E-state index in [1.807, 2.05) is 0 Å². The molecule has 2 heteroatoms. The van der Waals surface area contributed by atoms with Crippen LogP contribution < -0.4 is 0 Å². The van der Waals surface area contributed by atoms with Crippen LogP contribution in [0.1, 0.15) is 135 Å². The van der Waals surface area contributed by atoms with Crippen LogP contribution in [0.5, 0.6) is 0 Å². The summed E-state index contributed by atoms with van der Waals surface area (Å²) in [6, 6.07) is 0. The zero-order valence-corrected chi connectivity index (χ0v) is 17.7. The fourth-order valence-electron chi connectivity index (χ4n) is 3.41. The molecule has 0 saturated carbocycles. The molecule has 0 aliphatic rings. The lowest BCUT2D eigenvalue weighted by atomic mass is 10.1. The van der Waals surface area contributed by atoms with Crippen LogP contribution >= 0.6 is 0 Å². The van der Waals surface area contributed by atoms with Crippen LogP contribution in [-0.2, 0) is 4.79 Å². The third kappa shape index (κ3) is 23.2. The molecule has 0 aromatic carbocycles. The maximum atomic E-state index is 10.4. The maximum absolute atomic E-state index is 10.4. The number of unbranched alkanes of at least 4 members (excludes halogenated alkanes) is 17. The summed E-state index contributed by atoms with van der Waals surface area (Å²) in [5.74, 6) is -0.658. The van der Waals surface area contributed by atoms with Gasteiger partial charge in [0, 0.05) is 6.42 Å². The number of aliphatic carboxylic acids is 1. The van der Waals surface area contributed by atoms with Gasteiger partial charge in [-0.05, 0) is 32.1 Å². The van der Waals surface area contributed by atoms with Crippen molar-refractivity contribution in [1.82, 2.24) is 0 Å². The summed E-state index contributed by atoms with van der Waals surface area (Å²) < 4.78 is 0. The zero-order chi connectivity index (χ0) is 19.1. The Morgan fingerprint density at radius 3 is 1.31 bits per heavy atom. The Balaban J connectivity index is 3.08. The zero-order valence-electron chi connectivity index (χ0n) is 17.7. The van der Waals surface area contributed by atoms with Crippen LogP contribution in [0.2, 0.25) is 0 Å². The first-order valence-electron chi connectivity index (χ1n) is 11.6. The molecule has 0 aromatic rings. The summed E-state index contributed by atoms with van der Waals surface area (Å²) in [5, 5.41) is 8.57. The van der Waals surface area contributed by atoms with Crippen molar-refractivity contribution in [2.24, 2.45) is 0 Å². The molecular weight excluding hydrogens is 320 g/mol. The maximum Gasteiger partial charge on any atom is 0.303 e. The Labute approximate surface area is 163 Å². The Hall–Kier alpha value is -0.790. The van der Waals surface area contributed by atoms with Gasteiger partial charge in [0.05, 0.1) is 0 Å². The number of hydrogen-bond donors (Lipinski definition) is 1. The highest BCUT2D eigenvalue weighted by Crippen LogP contribution is 2.12. The first-order valence-corrected chi connectivity index (χ1v) is 11.6. The lowest BCUT2D eigenvalue weighted by molar-refractivity contribution is -0.137. The number of allylic oxidation sites excluding steroid dienone is 2. The van der Waals surface area contributed by atoms with E-state index in [1.165, 1.54) is 109 Å². The molecule has 0 heterocycles. The molecule has 0 unspecified atom stereocenters. The minimum absolute atomic E-state index is 0.337. The molecule has 0 rings (SSSR count). The van der Waals surface area contributed by atoms with Gasteiger partial charge in [-0.15, -0.1) is 0 Å². The van der Waals surface area contributed by atoms with E-state index in [-0.39, 0.29) is 0 Å². The number of rotatable bonds is 21. The summed E-state index contributed by atoms with van der Waals surface area (Å²) in [5.41, 5.74) is 0. The van der Waals surface area contributed by atoms with Crippen LogP contribution in [0.3, 0.4) is 0 Å². The summed E-state index contributed by atoms with van der Waals surface area (Å²) in [6.45, 7) is 2.28. The van der Waals surface area contributed by atoms with Crippen LogP contribution in [0.25, 0.3) is 0 Å². The molecule has 0 bridgehead atoms. The molecule has 0 aromatic heterocycles. The lowest BCUT2D eigenvalue weighted by Crippen LogP contribution is -1.93. The van der Waals surface area contributed by atoms with E-state index in [9.17, 15) is 4.79 Å². The molecule has 0 aliphatic carbocycles. The van der Waals surface area contributed by atoms with Gasteiger partial charge in [0.2, 0.25) is 0 Å². The smallest absolute Gasteiger partial charge is 0.303 e. The van der Waals surface area contributed by atoms with Gasteiger partial charge in [0.15, 0.2) is 0 Å². The van der Waals surface area contributed by atoms with Crippen LogP contribution in [0.15, 0.2) is 12.2 Å². The topological polar surface area (TPSA) is 37.3 Å². The van der Waals surface area contributed by atoms with Gasteiger partial charge in [-0.2, -0.15) is 0 Å². The molecule has 0 atom stereocenters. The van der Waals surface area contributed by atoms with Crippen LogP contribution in [0, 0.1) is 0 Å². The summed E-state index contributed by atoms with van der Waals surface area (Å²) >= 11 is 0. The Morgan fingerprint density at radius 2 is 0.923 bits per heavy atom.